The van der Waals surface area contributed by atoms with Crippen LogP contribution in [0.5, 0.6) is 0 Å². The fourth-order valence-electron chi connectivity index (χ4n) is 2.24. The topological polar surface area (TPSA) is 69.5 Å². The molecule has 1 atom stereocenters. The maximum atomic E-state index is 10.3. The van der Waals surface area contributed by atoms with E-state index in [1.165, 1.54) is 4.88 Å². The minimum atomic E-state index is -0.656. The normalized spacial score (nSPS) is 12.4. The Morgan fingerprint density at radius 3 is 2.54 bits per heavy atom. The van der Waals surface area contributed by atoms with Crippen LogP contribution in [0.4, 0.5) is 0 Å². The maximum absolute atomic E-state index is 10.3. The third kappa shape index (κ3) is 7.38. The monoisotopic (exact) mass is 508 g/mol. The van der Waals surface area contributed by atoms with E-state index in [9.17, 15) is 5.11 Å². The second kappa shape index (κ2) is 11.7. The fraction of sp³-hybridized carbons (Fsp3) is 0.444. The first kappa shape index (κ1) is 23.1. The van der Waals surface area contributed by atoms with Gasteiger partial charge < -0.3 is 15.7 Å². The number of hydrogen-bond acceptors (Lipinski definition) is 4. The van der Waals surface area contributed by atoms with Crippen molar-refractivity contribution in [2.24, 2.45) is 4.99 Å². The highest BCUT2D eigenvalue weighted by atomic mass is 127. The Labute approximate surface area is 181 Å². The van der Waals surface area contributed by atoms with E-state index in [0.29, 0.717) is 11.0 Å². The van der Waals surface area contributed by atoms with E-state index in [-0.39, 0.29) is 30.5 Å². The summed E-state index contributed by atoms with van der Waals surface area (Å²) >= 11 is 7.60. The number of nitrogens with one attached hydrogen (secondary N) is 2. The van der Waals surface area contributed by atoms with Gasteiger partial charge in [0.25, 0.3) is 0 Å². The van der Waals surface area contributed by atoms with E-state index in [0.717, 1.165) is 35.8 Å². The average molecular weight is 509 g/mol. The van der Waals surface area contributed by atoms with Gasteiger partial charge in [-0.15, -0.1) is 35.3 Å². The Bertz CT molecular complexity index is 686. The first-order valence-corrected chi connectivity index (χ1v) is 9.57. The number of benzene rings is 1. The number of rotatable bonds is 7. The lowest BCUT2D eigenvalue weighted by atomic mass is 10.1. The molecule has 0 radical (unpaired) electrons. The zero-order valence-corrected chi connectivity index (χ0v) is 19.2. The molecule has 0 bridgehead atoms. The molecule has 1 aromatic carbocycles. The van der Waals surface area contributed by atoms with Crippen LogP contribution in [-0.4, -0.2) is 35.7 Å². The molecule has 2 rings (SSSR count). The third-order valence-corrected chi connectivity index (χ3v) is 5.11. The van der Waals surface area contributed by atoms with Crippen molar-refractivity contribution < 1.29 is 5.11 Å². The van der Waals surface area contributed by atoms with Gasteiger partial charge >= 0.3 is 0 Å². The van der Waals surface area contributed by atoms with Crippen molar-refractivity contribution in [3.63, 3.8) is 0 Å². The van der Waals surface area contributed by atoms with Crippen LogP contribution in [0.1, 0.15) is 34.2 Å². The predicted octanol–water partition coefficient (Wildman–Crippen LogP) is 3.86. The van der Waals surface area contributed by atoms with Gasteiger partial charge in [-0.1, -0.05) is 23.7 Å². The first-order valence-electron chi connectivity index (χ1n) is 8.38. The van der Waals surface area contributed by atoms with E-state index < -0.39 is 6.10 Å². The van der Waals surface area contributed by atoms with Crippen LogP contribution in [0.3, 0.4) is 0 Å². The van der Waals surface area contributed by atoms with Gasteiger partial charge in [0.1, 0.15) is 0 Å². The number of nitrogens with zero attached hydrogens (tertiary/aromatic N) is 2. The van der Waals surface area contributed by atoms with Gasteiger partial charge in [-0.3, -0.25) is 4.99 Å². The number of aryl methyl sites for hydroxylation is 2. The Kier molecular flexibility index (Phi) is 10.4. The van der Waals surface area contributed by atoms with Crippen LogP contribution in [0, 0.1) is 13.8 Å². The molecule has 5 nitrogen and oxygen atoms in total. The molecule has 0 fully saturated rings. The highest BCUT2D eigenvalue weighted by Crippen LogP contribution is 2.17. The molecule has 144 valence electrons. The van der Waals surface area contributed by atoms with Gasteiger partial charge in [0.15, 0.2) is 5.96 Å². The summed E-state index contributed by atoms with van der Waals surface area (Å²) in [6.07, 6.45) is 0.195. The standard InChI is InChI=1S/C18H25ClN4OS.HI/c1-4-20-18(21-10-9-17-23-12(2)13(3)25-17)22-11-16(24)14-5-7-15(19)8-6-14;/h5-8,16,24H,4,9-11H2,1-3H3,(H2,20,21,22);1H. The Morgan fingerprint density at radius 2 is 1.96 bits per heavy atom. The number of thiazole rings is 1. The lowest BCUT2D eigenvalue weighted by Crippen LogP contribution is -2.38. The van der Waals surface area contributed by atoms with E-state index in [1.54, 1.807) is 23.5 Å². The van der Waals surface area contributed by atoms with Crippen LogP contribution in [-0.2, 0) is 6.42 Å². The number of aromatic nitrogens is 1. The number of halogens is 2. The van der Waals surface area contributed by atoms with Crippen LogP contribution in [0.25, 0.3) is 0 Å². The molecule has 0 spiro atoms. The van der Waals surface area contributed by atoms with Gasteiger partial charge in [-0.05, 0) is 38.5 Å². The highest BCUT2D eigenvalue weighted by Gasteiger charge is 2.08. The second-order valence-electron chi connectivity index (χ2n) is 5.71. The van der Waals surface area contributed by atoms with Crippen molar-refractivity contribution in [1.82, 2.24) is 15.6 Å². The summed E-state index contributed by atoms with van der Waals surface area (Å²) in [7, 11) is 0. The minimum absolute atomic E-state index is 0. The second-order valence-corrected chi connectivity index (χ2v) is 7.44. The van der Waals surface area contributed by atoms with Crippen LogP contribution in [0.15, 0.2) is 29.3 Å². The van der Waals surface area contributed by atoms with Gasteiger partial charge in [-0.25, -0.2) is 4.98 Å². The maximum Gasteiger partial charge on any atom is 0.191 e. The zero-order valence-electron chi connectivity index (χ0n) is 15.3. The van der Waals surface area contributed by atoms with E-state index >= 15 is 0 Å². The molecule has 0 saturated carbocycles. The number of hydrogen-bond donors (Lipinski definition) is 3. The molecule has 1 heterocycles. The highest BCUT2D eigenvalue weighted by molar-refractivity contribution is 14.0. The Morgan fingerprint density at radius 1 is 1.27 bits per heavy atom. The summed E-state index contributed by atoms with van der Waals surface area (Å²) in [4.78, 5) is 10.3. The van der Waals surface area contributed by atoms with E-state index in [4.69, 9.17) is 11.6 Å². The zero-order chi connectivity index (χ0) is 18.2. The Balaban J connectivity index is 0.00000338. The van der Waals surface area contributed by atoms with Crippen molar-refractivity contribution in [3.8, 4) is 0 Å². The summed E-state index contributed by atoms with van der Waals surface area (Å²) in [5, 5.41) is 18.5. The van der Waals surface area contributed by atoms with Crippen molar-refractivity contribution in [3.05, 3.63) is 50.4 Å². The van der Waals surface area contributed by atoms with Gasteiger partial charge in [0, 0.05) is 29.4 Å². The van der Waals surface area contributed by atoms with Crippen LogP contribution < -0.4 is 10.6 Å². The van der Waals surface area contributed by atoms with Gasteiger partial charge in [0.05, 0.1) is 23.4 Å². The fourth-order valence-corrected chi connectivity index (χ4v) is 3.30. The predicted molar refractivity (Wildman–Crippen MR) is 121 cm³/mol. The van der Waals surface area contributed by atoms with Gasteiger partial charge in [0.2, 0.25) is 0 Å². The molecule has 26 heavy (non-hydrogen) atoms. The average Bonchev–Trinajstić information content (AvgIpc) is 2.91. The molecule has 3 N–H and O–H groups in total. The number of aliphatic imine (C=N–C) groups is 1. The smallest absolute Gasteiger partial charge is 0.191 e. The lowest BCUT2D eigenvalue weighted by molar-refractivity contribution is 0.187. The quantitative estimate of drug-likeness (QED) is 0.302. The van der Waals surface area contributed by atoms with E-state index in [2.05, 4.69) is 27.5 Å². The van der Waals surface area contributed by atoms with Crippen molar-refractivity contribution in [2.75, 3.05) is 19.6 Å². The minimum Gasteiger partial charge on any atom is -0.386 e. The Hall–Kier alpha value is -0.900. The first-order chi connectivity index (χ1) is 12.0. The van der Waals surface area contributed by atoms with Crippen LogP contribution in [0.2, 0.25) is 5.02 Å². The lowest BCUT2D eigenvalue weighted by Gasteiger charge is -2.13. The third-order valence-electron chi connectivity index (χ3n) is 3.73. The molecule has 8 heteroatoms. The molecule has 0 aliphatic carbocycles. The van der Waals surface area contributed by atoms with Crippen molar-refractivity contribution in [2.45, 2.75) is 33.3 Å². The summed E-state index contributed by atoms with van der Waals surface area (Å²) in [6.45, 7) is 7.93. The van der Waals surface area contributed by atoms with Crippen molar-refractivity contribution >= 4 is 52.9 Å². The molecule has 1 aromatic heterocycles. The summed E-state index contributed by atoms with van der Waals surface area (Å²) in [5.74, 6) is 0.695. The van der Waals surface area contributed by atoms with Crippen molar-refractivity contribution in [1.29, 1.82) is 0 Å². The largest absolute Gasteiger partial charge is 0.386 e. The number of aliphatic hydroxyl groups excluding tert-OH is 1. The van der Waals surface area contributed by atoms with E-state index in [1.807, 2.05) is 26.0 Å². The number of aliphatic hydroxyl groups is 1. The number of guanidine groups is 1. The summed E-state index contributed by atoms with van der Waals surface area (Å²) in [6, 6.07) is 7.17. The van der Waals surface area contributed by atoms with Crippen LogP contribution >= 0.6 is 46.9 Å². The SMILES string of the molecule is CCNC(=NCC(O)c1ccc(Cl)cc1)NCCc1nc(C)c(C)s1.I. The molecular weight excluding hydrogens is 483 g/mol. The summed E-state index contributed by atoms with van der Waals surface area (Å²) in [5.41, 5.74) is 1.91. The molecule has 0 aliphatic rings. The molecule has 0 amide bonds. The molecule has 0 saturated heterocycles. The summed E-state index contributed by atoms with van der Waals surface area (Å²) < 4.78 is 0. The molecule has 2 aromatic rings. The van der Waals surface area contributed by atoms with Gasteiger partial charge in [-0.2, -0.15) is 0 Å². The molecular formula is C18H26ClIN4OS. The molecule has 1 unspecified atom stereocenters. The molecule has 0 aliphatic heterocycles.